The highest BCUT2D eigenvalue weighted by Crippen LogP contribution is 2.14. The highest BCUT2D eigenvalue weighted by molar-refractivity contribution is 6.04. The molecule has 25 heavy (non-hydrogen) atoms. The summed E-state index contributed by atoms with van der Waals surface area (Å²) in [5.74, 6) is -0.121. The zero-order valence-electron chi connectivity index (χ0n) is 13.9. The highest BCUT2D eigenvalue weighted by Gasteiger charge is 2.17. The Balaban J connectivity index is 1.58. The fourth-order valence-corrected chi connectivity index (χ4v) is 2.69. The molecule has 2 aromatic carbocycles. The van der Waals surface area contributed by atoms with Crippen LogP contribution in [0, 0.1) is 0 Å². The van der Waals surface area contributed by atoms with E-state index in [4.69, 9.17) is 10.5 Å². The highest BCUT2D eigenvalue weighted by atomic mass is 16.5. The summed E-state index contributed by atoms with van der Waals surface area (Å²) < 4.78 is 5.25. The van der Waals surface area contributed by atoms with E-state index in [9.17, 15) is 9.59 Å². The van der Waals surface area contributed by atoms with Gasteiger partial charge in [0.15, 0.2) is 0 Å². The summed E-state index contributed by atoms with van der Waals surface area (Å²) in [5, 5.41) is 2.82. The smallest absolute Gasteiger partial charge is 0.255 e. The predicted molar refractivity (Wildman–Crippen MR) is 96.4 cm³/mol. The Kier molecular flexibility index (Phi) is 5.30. The number of nitrogens with zero attached hydrogens (tertiary/aromatic N) is 1. The predicted octanol–water partition coefficient (Wildman–Crippen LogP) is 1.92. The zero-order valence-corrected chi connectivity index (χ0v) is 13.9. The minimum atomic E-state index is -0.218. The second-order valence-electron chi connectivity index (χ2n) is 5.95. The molecular weight excluding hydrogens is 318 g/mol. The van der Waals surface area contributed by atoms with Crippen LogP contribution in [-0.4, -0.2) is 43.0 Å². The normalized spacial score (nSPS) is 14.2. The van der Waals surface area contributed by atoms with Crippen LogP contribution in [0.25, 0.3) is 0 Å². The van der Waals surface area contributed by atoms with Gasteiger partial charge >= 0.3 is 0 Å². The van der Waals surface area contributed by atoms with Gasteiger partial charge in [-0.05, 0) is 35.9 Å². The number of amides is 2. The average molecular weight is 339 g/mol. The van der Waals surface area contributed by atoms with E-state index in [-0.39, 0.29) is 11.8 Å². The summed E-state index contributed by atoms with van der Waals surface area (Å²) in [6, 6.07) is 14.1. The summed E-state index contributed by atoms with van der Waals surface area (Å²) >= 11 is 0. The van der Waals surface area contributed by atoms with Gasteiger partial charge in [0.25, 0.3) is 5.91 Å². The van der Waals surface area contributed by atoms with Crippen molar-refractivity contribution in [3.05, 3.63) is 59.7 Å². The van der Waals surface area contributed by atoms with Gasteiger partial charge < -0.3 is 20.7 Å². The van der Waals surface area contributed by atoms with Crippen LogP contribution in [0.2, 0.25) is 0 Å². The van der Waals surface area contributed by atoms with Crippen LogP contribution < -0.4 is 11.1 Å². The molecule has 3 N–H and O–H groups in total. The topological polar surface area (TPSA) is 84.7 Å². The molecule has 1 aliphatic rings. The van der Waals surface area contributed by atoms with Crippen LogP contribution in [0.5, 0.6) is 0 Å². The third-order valence-electron chi connectivity index (χ3n) is 4.08. The van der Waals surface area contributed by atoms with E-state index in [2.05, 4.69) is 5.32 Å². The van der Waals surface area contributed by atoms with E-state index in [0.29, 0.717) is 49.7 Å². The molecule has 1 heterocycles. The number of nitrogens with one attached hydrogen (secondary N) is 1. The van der Waals surface area contributed by atoms with E-state index < -0.39 is 0 Å². The zero-order chi connectivity index (χ0) is 17.6. The molecule has 6 nitrogen and oxygen atoms in total. The maximum Gasteiger partial charge on any atom is 0.255 e. The van der Waals surface area contributed by atoms with Gasteiger partial charge in [-0.2, -0.15) is 0 Å². The van der Waals surface area contributed by atoms with Crippen molar-refractivity contribution >= 4 is 23.2 Å². The molecule has 2 aromatic rings. The Hall–Kier alpha value is -2.86. The number of hydrogen-bond acceptors (Lipinski definition) is 4. The minimum absolute atomic E-state index is 0.0971. The van der Waals surface area contributed by atoms with Gasteiger partial charge in [0, 0.05) is 30.0 Å². The summed E-state index contributed by atoms with van der Waals surface area (Å²) in [4.78, 5) is 26.3. The van der Waals surface area contributed by atoms with Gasteiger partial charge in [0.05, 0.1) is 19.6 Å². The molecule has 0 aliphatic carbocycles. The number of nitrogen functional groups attached to an aromatic ring is 1. The SMILES string of the molecule is Nc1cccc(C(=O)Nc2ccc(CC(=O)N3CCOCC3)cc2)c1. The molecule has 0 atom stereocenters. The Morgan fingerprint density at radius 1 is 1.08 bits per heavy atom. The van der Waals surface area contributed by atoms with Crippen molar-refractivity contribution < 1.29 is 14.3 Å². The van der Waals surface area contributed by atoms with Gasteiger partial charge in [-0.25, -0.2) is 0 Å². The number of rotatable bonds is 4. The lowest BCUT2D eigenvalue weighted by atomic mass is 10.1. The van der Waals surface area contributed by atoms with Crippen molar-refractivity contribution in [2.75, 3.05) is 37.4 Å². The van der Waals surface area contributed by atoms with Crippen LogP contribution in [0.15, 0.2) is 48.5 Å². The number of morpholine rings is 1. The van der Waals surface area contributed by atoms with Crippen LogP contribution in [0.4, 0.5) is 11.4 Å². The number of anilines is 2. The van der Waals surface area contributed by atoms with Crippen molar-refractivity contribution in [2.45, 2.75) is 6.42 Å². The maximum atomic E-state index is 12.2. The van der Waals surface area contributed by atoms with E-state index in [1.54, 1.807) is 36.4 Å². The molecule has 0 bridgehead atoms. The van der Waals surface area contributed by atoms with Gasteiger partial charge in [-0.15, -0.1) is 0 Å². The largest absolute Gasteiger partial charge is 0.399 e. The molecule has 3 rings (SSSR count). The Morgan fingerprint density at radius 3 is 2.48 bits per heavy atom. The summed E-state index contributed by atoms with van der Waals surface area (Å²) in [6.07, 6.45) is 0.351. The first kappa shape index (κ1) is 17.0. The lowest BCUT2D eigenvalue weighted by Crippen LogP contribution is -2.41. The van der Waals surface area contributed by atoms with Crippen molar-refractivity contribution in [3.63, 3.8) is 0 Å². The number of benzene rings is 2. The molecule has 1 fully saturated rings. The quantitative estimate of drug-likeness (QED) is 0.834. The van der Waals surface area contributed by atoms with Crippen molar-refractivity contribution in [2.24, 2.45) is 0 Å². The van der Waals surface area contributed by atoms with E-state index in [1.807, 2.05) is 17.0 Å². The van der Waals surface area contributed by atoms with E-state index >= 15 is 0 Å². The van der Waals surface area contributed by atoms with Gasteiger partial charge in [0.2, 0.25) is 5.91 Å². The molecule has 6 heteroatoms. The Bertz CT molecular complexity index is 753. The first-order valence-electron chi connectivity index (χ1n) is 8.23. The minimum Gasteiger partial charge on any atom is -0.399 e. The molecule has 0 spiro atoms. The van der Waals surface area contributed by atoms with Gasteiger partial charge in [0.1, 0.15) is 0 Å². The number of hydrogen-bond donors (Lipinski definition) is 2. The molecule has 0 radical (unpaired) electrons. The second-order valence-corrected chi connectivity index (χ2v) is 5.95. The van der Waals surface area contributed by atoms with Crippen molar-refractivity contribution in [1.82, 2.24) is 4.90 Å². The summed E-state index contributed by atoms with van der Waals surface area (Å²) in [5.41, 5.74) is 8.34. The fraction of sp³-hybridized carbons (Fsp3) is 0.263. The molecule has 130 valence electrons. The molecule has 0 saturated carbocycles. The number of ether oxygens (including phenoxy) is 1. The Labute approximate surface area is 146 Å². The molecule has 0 aromatic heterocycles. The summed E-state index contributed by atoms with van der Waals surface area (Å²) in [6.45, 7) is 2.49. The van der Waals surface area contributed by atoms with E-state index in [1.165, 1.54) is 0 Å². The van der Waals surface area contributed by atoms with Crippen LogP contribution >= 0.6 is 0 Å². The number of carbonyl (C=O) groups excluding carboxylic acids is 2. The molecule has 0 unspecified atom stereocenters. The van der Waals surface area contributed by atoms with Gasteiger partial charge in [-0.1, -0.05) is 18.2 Å². The second kappa shape index (κ2) is 7.81. The van der Waals surface area contributed by atoms with Crippen LogP contribution in [0.1, 0.15) is 15.9 Å². The summed E-state index contributed by atoms with van der Waals surface area (Å²) in [7, 11) is 0. The monoisotopic (exact) mass is 339 g/mol. The molecular formula is C19H21N3O3. The number of carbonyl (C=O) groups is 2. The first-order chi connectivity index (χ1) is 12.1. The van der Waals surface area contributed by atoms with Crippen molar-refractivity contribution in [1.29, 1.82) is 0 Å². The van der Waals surface area contributed by atoms with Gasteiger partial charge in [-0.3, -0.25) is 9.59 Å². The third kappa shape index (κ3) is 4.58. The lowest BCUT2D eigenvalue weighted by molar-refractivity contribution is -0.134. The fourth-order valence-electron chi connectivity index (χ4n) is 2.69. The molecule has 2 amide bonds. The molecule has 1 saturated heterocycles. The average Bonchev–Trinajstić information content (AvgIpc) is 2.64. The lowest BCUT2D eigenvalue weighted by Gasteiger charge is -2.26. The number of nitrogens with two attached hydrogens (primary N) is 1. The third-order valence-corrected chi connectivity index (χ3v) is 4.08. The van der Waals surface area contributed by atoms with E-state index in [0.717, 1.165) is 5.56 Å². The Morgan fingerprint density at radius 2 is 1.80 bits per heavy atom. The van der Waals surface area contributed by atoms with Crippen LogP contribution in [-0.2, 0) is 16.0 Å². The molecule has 1 aliphatic heterocycles. The van der Waals surface area contributed by atoms with Crippen LogP contribution in [0.3, 0.4) is 0 Å². The first-order valence-corrected chi connectivity index (χ1v) is 8.23. The standard InChI is InChI=1S/C19H21N3O3/c20-16-3-1-2-15(13-16)19(24)21-17-6-4-14(5-7-17)12-18(23)22-8-10-25-11-9-22/h1-7,13H,8-12,20H2,(H,21,24). The maximum absolute atomic E-state index is 12.2. The van der Waals surface area contributed by atoms with Crippen molar-refractivity contribution in [3.8, 4) is 0 Å².